The fourth-order valence-corrected chi connectivity index (χ4v) is 4.69. The Morgan fingerprint density at radius 1 is 0.909 bits per heavy atom. The second-order valence-corrected chi connectivity index (χ2v) is 9.26. The lowest BCUT2D eigenvalue weighted by Crippen LogP contribution is -2.43. The molecule has 1 fully saturated rings. The molecule has 0 aliphatic carbocycles. The van der Waals surface area contributed by atoms with Crippen molar-refractivity contribution < 1.29 is 18.7 Å². The summed E-state index contributed by atoms with van der Waals surface area (Å²) >= 11 is 4.34. The molecule has 0 spiro atoms. The van der Waals surface area contributed by atoms with Crippen LogP contribution < -0.4 is 9.96 Å². The SMILES string of the molecule is OC1(c2ccc(S)cc2)CON(Cc2ccc(N3CCC(F)(F)CC3)cc2)c2ccccc21. The number of fused-ring (bicyclic) bond motifs is 1. The number of hydrogen-bond donors (Lipinski definition) is 2. The molecule has 0 bridgehead atoms. The summed E-state index contributed by atoms with van der Waals surface area (Å²) in [5.74, 6) is -2.55. The predicted molar refractivity (Wildman–Crippen MR) is 128 cm³/mol. The van der Waals surface area contributed by atoms with Crippen LogP contribution in [0.3, 0.4) is 0 Å². The Kier molecular flexibility index (Phi) is 5.80. The number of halogens is 2. The molecule has 0 radical (unpaired) electrons. The highest BCUT2D eigenvalue weighted by atomic mass is 32.1. The number of alkyl halides is 2. The van der Waals surface area contributed by atoms with Crippen molar-refractivity contribution in [3.05, 3.63) is 89.5 Å². The van der Waals surface area contributed by atoms with Crippen molar-refractivity contribution in [1.29, 1.82) is 0 Å². The average Bonchev–Trinajstić information content (AvgIpc) is 2.82. The molecule has 7 heteroatoms. The van der Waals surface area contributed by atoms with Crippen LogP contribution >= 0.6 is 12.6 Å². The number of rotatable bonds is 4. The fourth-order valence-electron chi connectivity index (χ4n) is 4.54. The lowest BCUT2D eigenvalue weighted by Gasteiger charge is -2.40. The minimum atomic E-state index is -2.55. The quantitative estimate of drug-likeness (QED) is 0.503. The van der Waals surface area contributed by atoms with Crippen molar-refractivity contribution in [3.63, 3.8) is 0 Å². The van der Waals surface area contributed by atoms with Gasteiger partial charge < -0.3 is 10.0 Å². The number of nitrogens with zero attached hydrogens (tertiary/aromatic N) is 2. The molecule has 0 saturated carbocycles. The maximum atomic E-state index is 13.5. The molecule has 1 N–H and O–H groups in total. The summed E-state index contributed by atoms with van der Waals surface area (Å²) < 4.78 is 26.9. The zero-order valence-electron chi connectivity index (χ0n) is 18.1. The van der Waals surface area contributed by atoms with E-state index in [0.717, 1.165) is 33.0 Å². The van der Waals surface area contributed by atoms with Crippen LogP contribution in [0.1, 0.15) is 29.5 Å². The first-order valence-corrected chi connectivity index (χ1v) is 11.5. The number of aliphatic hydroxyl groups is 1. The van der Waals surface area contributed by atoms with Gasteiger partial charge in [-0.3, -0.25) is 4.84 Å². The molecule has 0 amide bonds. The number of para-hydroxylation sites is 1. The summed E-state index contributed by atoms with van der Waals surface area (Å²) in [6.45, 7) is 1.32. The molecule has 0 aromatic heterocycles. The zero-order chi connectivity index (χ0) is 23.1. The summed E-state index contributed by atoms with van der Waals surface area (Å²) in [6, 6.07) is 23.1. The fraction of sp³-hybridized carbons (Fsp3) is 0.308. The van der Waals surface area contributed by atoms with E-state index in [-0.39, 0.29) is 19.4 Å². The summed E-state index contributed by atoms with van der Waals surface area (Å²) in [4.78, 5) is 8.88. The molecular formula is C26H26F2N2O2S. The predicted octanol–water partition coefficient (Wildman–Crippen LogP) is 5.40. The Morgan fingerprint density at radius 3 is 2.27 bits per heavy atom. The summed E-state index contributed by atoms with van der Waals surface area (Å²) in [5, 5.41) is 13.4. The number of thiol groups is 1. The van der Waals surface area contributed by atoms with E-state index in [0.29, 0.717) is 19.6 Å². The minimum Gasteiger partial charge on any atom is -0.378 e. The van der Waals surface area contributed by atoms with Gasteiger partial charge in [-0.05, 0) is 41.5 Å². The summed E-state index contributed by atoms with van der Waals surface area (Å²) in [6.07, 6.45) is -0.209. The minimum absolute atomic E-state index is 0.0933. The van der Waals surface area contributed by atoms with Gasteiger partial charge in [-0.1, -0.05) is 42.5 Å². The highest BCUT2D eigenvalue weighted by Gasteiger charge is 2.40. The maximum Gasteiger partial charge on any atom is 0.251 e. The van der Waals surface area contributed by atoms with Crippen molar-refractivity contribution in [2.75, 3.05) is 29.7 Å². The van der Waals surface area contributed by atoms with Crippen LogP contribution in [0, 0.1) is 0 Å². The molecule has 3 aromatic carbocycles. The Balaban J connectivity index is 1.34. The van der Waals surface area contributed by atoms with Gasteiger partial charge in [0.05, 0.1) is 12.2 Å². The van der Waals surface area contributed by atoms with E-state index in [1.165, 1.54) is 0 Å². The number of hydroxylamine groups is 1. The largest absolute Gasteiger partial charge is 0.378 e. The van der Waals surface area contributed by atoms with Crippen LogP contribution in [0.5, 0.6) is 0 Å². The Labute approximate surface area is 197 Å². The van der Waals surface area contributed by atoms with E-state index in [1.54, 1.807) is 5.06 Å². The van der Waals surface area contributed by atoms with Gasteiger partial charge in [0.15, 0.2) is 0 Å². The van der Waals surface area contributed by atoms with Crippen LogP contribution in [0.2, 0.25) is 0 Å². The van der Waals surface area contributed by atoms with Crippen molar-refractivity contribution in [1.82, 2.24) is 0 Å². The molecule has 2 aliphatic heterocycles. The molecule has 5 rings (SSSR count). The molecule has 4 nitrogen and oxygen atoms in total. The van der Waals surface area contributed by atoms with Gasteiger partial charge in [0.2, 0.25) is 0 Å². The van der Waals surface area contributed by atoms with Gasteiger partial charge in [-0.25, -0.2) is 13.8 Å². The maximum absolute atomic E-state index is 13.5. The first kappa shape index (κ1) is 22.2. The third-order valence-electron chi connectivity index (χ3n) is 6.52. The molecule has 2 heterocycles. The average molecular weight is 469 g/mol. The van der Waals surface area contributed by atoms with Gasteiger partial charge in [0.25, 0.3) is 5.92 Å². The van der Waals surface area contributed by atoms with Gasteiger partial charge >= 0.3 is 0 Å². The number of hydrogen-bond acceptors (Lipinski definition) is 5. The number of anilines is 2. The summed E-state index contributed by atoms with van der Waals surface area (Å²) in [7, 11) is 0. The van der Waals surface area contributed by atoms with Crippen molar-refractivity contribution >= 4 is 24.0 Å². The van der Waals surface area contributed by atoms with Crippen molar-refractivity contribution in [2.24, 2.45) is 0 Å². The van der Waals surface area contributed by atoms with Crippen LogP contribution in [0.4, 0.5) is 20.2 Å². The normalized spacial score (nSPS) is 22.2. The van der Waals surface area contributed by atoms with Crippen molar-refractivity contribution in [3.8, 4) is 0 Å². The Morgan fingerprint density at radius 2 is 1.58 bits per heavy atom. The molecule has 2 aliphatic rings. The zero-order valence-corrected chi connectivity index (χ0v) is 19.0. The monoisotopic (exact) mass is 468 g/mol. The molecule has 1 atom stereocenters. The highest BCUT2D eigenvalue weighted by molar-refractivity contribution is 7.80. The first-order chi connectivity index (χ1) is 15.8. The van der Waals surface area contributed by atoms with Gasteiger partial charge in [-0.15, -0.1) is 12.6 Å². The molecule has 33 heavy (non-hydrogen) atoms. The second kappa shape index (κ2) is 8.63. The molecule has 172 valence electrons. The van der Waals surface area contributed by atoms with Crippen LogP contribution in [0.25, 0.3) is 0 Å². The van der Waals surface area contributed by atoms with Crippen LogP contribution in [-0.4, -0.2) is 30.7 Å². The van der Waals surface area contributed by atoms with E-state index < -0.39 is 11.5 Å². The van der Waals surface area contributed by atoms with Crippen LogP contribution in [-0.2, 0) is 17.0 Å². The van der Waals surface area contributed by atoms with Crippen LogP contribution in [0.15, 0.2) is 77.7 Å². The third kappa shape index (κ3) is 4.45. The lowest BCUT2D eigenvalue weighted by molar-refractivity contribution is -0.0473. The van der Waals surface area contributed by atoms with E-state index in [1.807, 2.05) is 77.7 Å². The number of piperidine rings is 1. The molecule has 3 aromatic rings. The van der Waals surface area contributed by atoms with Gasteiger partial charge in [-0.2, -0.15) is 0 Å². The third-order valence-corrected chi connectivity index (χ3v) is 6.81. The summed E-state index contributed by atoms with van der Waals surface area (Å²) in [5.41, 5.74) is 3.08. The standard InChI is InChI=1S/C26H26F2N2O2S/c27-25(28)13-15-29(16-14-25)21-9-5-19(6-10-21)17-30-24-4-2-1-3-23(24)26(31,18-32-30)20-7-11-22(33)12-8-20/h1-12,31,33H,13-18H2. The second-order valence-electron chi connectivity index (χ2n) is 8.74. The lowest BCUT2D eigenvalue weighted by atomic mass is 9.85. The van der Waals surface area contributed by atoms with E-state index >= 15 is 0 Å². The van der Waals surface area contributed by atoms with E-state index in [2.05, 4.69) is 12.6 Å². The molecule has 1 unspecified atom stereocenters. The number of benzene rings is 3. The van der Waals surface area contributed by atoms with Crippen molar-refractivity contribution in [2.45, 2.75) is 35.8 Å². The van der Waals surface area contributed by atoms with E-state index in [9.17, 15) is 13.9 Å². The van der Waals surface area contributed by atoms with E-state index in [4.69, 9.17) is 4.84 Å². The first-order valence-electron chi connectivity index (χ1n) is 11.1. The smallest absolute Gasteiger partial charge is 0.251 e. The Hall–Kier alpha value is -2.61. The highest BCUT2D eigenvalue weighted by Crippen LogP contribution is 2.41. The van der Waals surface area contributed by atoms with Gasteiger partial charge in [0, 0.05) is 42.1 Å². The van der Waals surface area contributed by atoms with Gasteiger partial charge in [0.1, 0.15) is 12.2 Å². The topological polar surface area (TPSA) is 35.9 Å². The molecular weight excluding hydrogens is 442 g/mol. The Bertz CT molecular complexity index is 1110. The molecule has 1 saturated heterocycles.